The van der Waals surface area contributed by atoms with Crippen molar-refractivity contribution in [2.45, 2.75) is 45.3 Å². The van der Waals surface area contributed by atoms with Crippen molar-refractivity contribution in [1.82, 2.24) is 9.88 Å². The van der Waals surface area contributed by atoms with Crippen molar-refractivity contribution >= 4 is 22.5 Å². The largest absolute Gasteiger partial charge is 0.347 e. The maximum absolute atomic E-state index is 6.11. The zero-order chi connectivity index (χ0) is 12.5. The van der Waals surface area contributed by atoms with E-state index in [1.807, 2.05) is 6.07 Å². The molecule has 0 saturated heterocycles. The number of rotatable bonds is 5. The van der Waals surface area contributed by atoms with Gasteiger partial charge in [0.1, 0.15) is 0 Å². The molecule has 18 heavy (non-hydrogen) atoms. The van der Waals surface area contributed by atoms with Crippen LogP contribution in [-0.2, 0) is 13.1 Å². The van der Waals surface area contributed by atoms with Gasteiger partial charge in [0.05, 0.1) is 0 Å². The van der Waals surface area contributed by atoms with Crippen molar-refractivity contribution in [3.8, 4) is 0 Å². The molecule has 1 fully saturated rings. The van der Waals surface area contributed by atoms with E-state index in [0.717, 1.165) is 30.6 Å². The number of benzene rings is 1. The van der Waals surface area contributed by atoms with E-state index >= 15 is 0 Å². The number of nitrogens with zero attached hydrogens (tertiary/aromatic N) is 1. The van der Waals surface area contributed by atoms with Crippen LogP contribution < -0.4 is 5.32 Å². The van der Waals surface area contributed by atoms with Gasteiger partial charge in [0.2, 0.25) is 0 Å². The summed E-state index contributed by atoms with van der Waals surface area (Å²) in [5.41, 5.74) is 2.65. The van der Waals surface area contributed by atoms with Crippen LogP contribution in [0.2, 0.25) is 5.02 Å². The number of hydrogen-bond donors (Lipinski definition) is 1. The summed E-state index contributed by atoms with van der Waals surface area (Å²) in [6, 6.07) is 6.96. The SMILES string of the molecule is CCCn1cc(CNC2CC2)c2ccc(Cl)cc21. The number of aromatic nitrogens is 1. The first-order valence-corrected chi connectivity index (χ1v) is 7.16. The molecule has 3 heteroatoms. The molecule has 1 aliphatic rings. The molecule has 0 unspecified atom stereocenters. The predicted octanol–water partition coefficient (Wildman–Crippen LogP) is 3.96. The molecule has 1 aliphatic carbocycles. The number of nitrogens with one attached hydrogen (secondary N) is 1. The van der Waals surface area contributed by atoms with Crippen LogP contribution in [-0.4, -0.2) is 10.6 Å². The van der Waals surface area contributed by atoms with E-state index in [1.165, 1.54) is 29.3 Å². The highest BCUT2D eigenvalue weighted by Gasteiger charge is 2.20. The summed E-state index contributed by atoms with van der Waals surface area (Å²) in [6.45, 7) is 4.23. The quantitative estimate of drug-likeness (QED) is 0.863. The smallest absolute Gasteiger partial charge is 0.0498 e. The molecule has 0 spiro atoms. The summed E-state index contributed by atoms with van der Waals surface area (Å²) in [6.07, 6.45) is 6.09. The Morgan fingerprint density at radius 2 is 2.22 bits per heavy atom. The van der Waals surface area contributed by atoms with Crippen molar-refractivity contribution in [2.24, 2.45) is 0 Å². The molecule has 1 heterocycles. The maximum atomic E-state index is 6.11. The molecule has 3 rings (SSSR count). The fourth-order valence-electron chi connectivity index (χ4n) is 2.45. The van der Waals surface area contributed by atoms with Crippen molar-refractivity contribution in [3.63, 3.8) is 0 Å². The maximum Gasteiger partial charge on any atom is 0.0498 e. The Morgan fingerprint density at radius 1 is 1.39 bits per heavy atom. The Balaban J connectivity index is 1.96. The van der Waals surface area contributed by atoms with E-state index in [0.29, 0.717) is 0 Å². The molecule has 2 nitrogen and oxygen atoms in total. The second kappa shape index (κ2) is 4.94. The van der Waals surface area contributed by atoms with Crippen LogP contribution in [0.1, 0.15) is 31.7 Å². The first-order chi connectivity index (χ1) is 8.78. The molecule has 0 atom stereocenters. The highest BCUT2D eigenvalue weighted by molar-refractivity contribution is 6.31. The van der Waals surface area contributed by atoms with Crippen molar-refractivity contribution in [2.75, 3.05) is 0 Å². The van der Waals surface area contributed by atoms with Crippen molar-refractivity contribution in [3.05, 3.63) is 35.0 Å². The first-order valence-electron chi connectivity index (χ1n) is 6.78. The zero-order valence-corrected chi connectivity index (χ0v) is 11.5. The highest BCUT2D eigenvalue weighted by atomic mass is 35.5. The van der Waals surface area contributed by atoms with Gasteiger partial charge in [-0.1, -0.05) is 24.6 Å². The molecular formula is C15H19ClN2. The first kappa shape index (κ1) is 12.1. The van der Waals surface area contributed by atoms with Gasteiger partial charge in [0.15, 0.2) is 0 Å². The van der Waals surface area contributed by atoms with E-state index in [-0.39, 0.29) is 0 Å². The lowest BCUT2D eigenvalue weighted by molar-refractivity contribution is 0.674. The van der Waals surface area contributed by atoms with Gasteiger partial charge < -0.3 is 9.88 Å². The van der Waals surface area contributed by atoms with E-state index in [9.17, 15) is 0 Å². The number of aryl methyl sites for hydroxylation is 1. The lowest BCUT2D eigenvalue weighted by Crippen LogP contribution is -2.14. The van der Waals surface area contributed by atoms with E-state index in [1.54, 1.807) is 0 Å². The van der Waals surface area contributed by atoms with Crippen LogP contribution in [0.25, 0.3) is 10.9 Å². The van der Waals surface area contributed by atoms with Gasteiger partial charge in [0.25, 0.3) is 0 Å². The normalized spacial score (nSPS) is 15.4. The average molecular weight is 263 g/mol. The van der Waals surface area contributed by atoms with Gasteiger partial charge in [-0.3, -0.25) is 0 Å². The third-order valence-electron chi connectivity index (χ3n) is 3.55. The van der Waals surface area contributed by atoms with Crippen LogP contribution in [0, 0.1) is 0 Å². The minimum atomic E-state index is 0.752. The second-order valence-electron chi connectivity index (χ2n) is 5.16. The molecule has 1 aromatic carbocycles. The zero-order valence-electron chi connectivity index (χ0n) is 10.7. The summed E-state index contributed by atoms with van der Waals surface area (Å²) in [5, 5.41) is 5.74. The third-order valence-corrected chi connectivity index (χ3v) is 3.78. The summed E-state index contributed by atoms with van der Waals surface area (Å²) < 4.78 is 2.32. The minimum absolute atomic E-state index is 0.752. The van der Waals surface area contributed by atoms with Crippen LogP contribution in [0.3, 0.4) is 0 Å². The van der Waals surface area contributed by atoms with Gasteiger partial charge >= 0.3 is 0 Å². The number of fused-ring (bicyclic) bond motifs is 1. The van der Waals surface area contributed by atoms with E-state index < -0.39 is 0 Å². The molecule has 0 radical (unpaired) electrons. The lowest BCUT2D eigenvalue weighted by atomic mass is 10.2. The summed E-state index contributed by atoms with van der Waals surface area (Å²) >= 11 is 6.11. The number of halogens is 1. The number of hydrogen-bond acceptors (Lipinski definition) is 1. The summed E-state index contributed by atoms with van der Waals surface area (Å²) in [4.78, 5) is 0. The summed E-state index contributed by atoms with van der Waals surface area (Å²) in [7, 11) is 0. The molecule has 0 aliphatic heterocycles. The van der Waals surface area contributed by atoms with Gasteiger partial charge in [-0.25, -0.2) is 0 Å². The Morgan fingerprint density at radius 3 is 2.94 bits per heavy atom. The second-order valence-corrected chi connectivity index (χ2v) is 5.60. The molecule has 2 aromatic rings. The van der Waals surface area contributed by atoms with Crippen molar-refractivity contribution < 1.29 is 0 Å². The van der Waals surface area contributed by atoms with Gasteiger partial charge in [-0.2, -0.15) is 0 Å². The third kappa shape index (κ3) is 2.40. The Labute approximate surface area is 113 Å². The molecule has 1 saturated carbocycles. The highest BCUT2D eigenvalue weighted by Crippen LogP contribution is 2.26. The molecule has 0 bridgehead atoms. The van der Waals surface area contributed by atoms with Crippen molar-refractivity contribution in [1.29, 1.82) is 0 Å². The monoisotopic (exact) mass is 262 g/mol. The van der Waals surface area contributed by atoms with Crippen LogP contribution in [0.5, 0.6) is 0 Å². The minimum Gasteiger partial charge on any atom is -0.347 e. The lowest BCUT2D eigenvalue weighted by Gasteiger charge is -2.02. The topological polar surface area (TPSA) is 17.0 Å². The van der Waals surface area contributed by atoms with Gasteiger partial charge in [-0.15, -0.1) is 0 Å². The van der Waals surface area contributed by atoms with Crippen LogP contribution in [0.15, 0.2) is 24.4 Å². The molecule has 0 amide bonds. The molecule has 1 aromatic heterocycles. The summed E-state index contributed by atoms with van der Waals surface area (Å²) in [5.74, 6) is 0. The Kier molecular flexibility index (Phi) is 3.31. The predicted molar refractivity (Wildman–Crippen MR) is 77.1 cm³/mol. The van der Waals surface area contributed by atoms with E-state index in [2.05, 4.69) is 35.1 Å². The molecular weight excluding hydrogens is 244 g/mol. The molecule has 1 N–H and O–H groups in total. The fourth-order valence-corrected chi connectivity index (χ4v) is 2.62. The molecule has 96 valence electrons. The van der Waals surface area contributed by atoms with Crippen LogP contribution >= 0.6 is 11.6 Å². The Hall–Kier alpha value is -0.990. The van der Waals surface area contributed by atoms with Gasteiger partial charge in [0, 0.05) is 41.3 Å². The van der Waals surface area contributed by atoms with E-state index in [4.69, 9.17) is 11.6 Å². The Bertz CT molecular complexity index is 555. The van der Waals surface area contributed by atoms with Gasteiger partial charge in [-0.05, 0) is 37.0 Å². The fraction of sp³-hybridized carbons (Fsp3) is 0.467. The standard InChI is InChI=1S/C15H19ClN2/c1-2-7-18-10-11(9-17-13-4-5-13)14-6-3-12(16)8-15(14)18/h3,6,8,10,13,17H,2,4-5,7,9H2,1H3. The average Bonchev–Trinajstić information content (AvgIpc) is 3.12. The van der Waals surface area contributed by atoms with Crippen LogP contribution in [0.4, 0.5) is 0 Å².